The van der Waals surface area contributed by atoms with Crippen LogP contribution in [0.2, 0.25) is 0 Å². The molecule has 11 heteroatoms. The van der Waals surface area contributed by atoms with Gasteiger partial charge in [-0.2, -0.15) is 13.2 Å². The van der Waals surface area contributed by atoms with Crippen molar-refractivity contribution in [3.8, 4) is 5.75 Å². The molecule has 8 nitrogen and oxygen atoms in total. The highest BCUT2D eigenvalue weighted by Gasteiger charge is 2.31. The highest BCUT2D eigenvalue weighted by molar-refractivity contribution is 6.01. The van der Waals surface area contributed by atoms with Crippen LogP contribution < -0.4 is 10.6 Å². The van der Waals surface area contributed by atoms with E-state index >= 15 is 0 Å². The Bertz CT molecular complexity index is 993. The van der Waals surface area contributed by atoms with Crippen molar-refractivity contribution in [2.24, 2.45) is 0 Å². The van der Waals surface area contributed by atoms with Crippen LogP contribution in [-0.4, -0.2) is 65.9 Å². The first kappa shape index (κ1) is 24.5. The number of aliphatic hydroxyl groups is 1. The van der Waals surface area contributed by atoms with Crippen molar-refractivity contribution >= 4 is 17.5 Å². The third kappa shape index (κ3) is 6.91. The molecule has 0 aliphatic carbocycles. The second kappa shape index (κ2) is 10.6. The summed E-state index contributed by atoms with van der Waals surface area (Å²) in [5, 5.41) is 24.2. The molecule has 1 aliphatic heterocycles. The molecular weight excluding hydrogens is 443 g/mol. The monoisotopic (exact) mass is 467 g/mol. The van der Waals surface area contributed by atoms with Crippen LogP contribution in [0.1, 0.15) is 21.5 Å². The number of amides is 2. The van der Waals surface area contributed by atoms with Gasteiger partial charge in [-0.05, 0) is 42.0 Å². The molecular formula is C22H24F3N3O5. The summed E-state index contributed by atoms with van der Waals surface area (Å²) in [6.45, 7) is 2.29. The first-order valence-corrected chi connectivity index (χ1v) is 10.2. The number of hydrogen-bond donors (Lipinski definition) is 4. The largest absolute Gasteiger partial charge is 0.508 e. The summed E-state index contributed by atoms with van der Waals surface area (Å²) in [7, 11) is 0. The quantitative estimate of drug-likeness (QED) is 0.496. The molecule has 0 saturated carbocycles. The van der Waals surface area contributed by atoms with Gasteiger partial charge < -0.3 is 25.6 Å². The average molecular weight is 467 g/mol. The molecule has 0 aromatic heterocycles. The number of anilines is 1. The lowest BCUT2D eigenvalue weighted by Gasteiger charge is -2.26. The average Bonchev–Trinajstić information content (AvgIpc) is 2.77. The number of phenols is 1. The number of hydrogen-bond acceptors (Lipinski definition) is 6. The van der Waals surface area contributed by atoms with Crippen LogP contribution in [0.15, 0.2) is 42.5 Å². The minimum absolute atomic E-state index is 0.0728. The fourth-order valence-electron chi connectivity index (χ4n) is 3.35. The standard InChI is InChI=1S/C22H24F3N3O5/c23-22(24,25)16-2-1-3-17(11-16)26-21(32)19(13-29)27-20(31)15-8-14(9-18(30)10-15)12-28-4-6-33-7-5-28/h1-3,8-11,19,29-30H,4-7,12-13H2,(H,26,32)(H,27,31)/t19-/m0/s1. The van der Waals surface area contributed by atoms with Crippen LogP contribution in [0.5, 0.6) is 5.75 Å². The predicted molar refractivity (Wildman–Crippen MR) is 113 cm³/mol. The van der Waals surface area contributed by atoms with Crippen molar-refractivity contribution in [1.82, 2.24) is 10.2 Å². The molecule has 3 rings (SSSR count). The minimum Gasteiger partial charge on any atom is -0.508 e. The van der Waals surface area contributed by atoms with Crippen LogP contribution in [0, 0.1) is 0 Å². The number of halogens is 3. The Kier molecular flexibility index (Phi) is 7.90. The van der Waals surface area contributed by atoms with Gasteiger partial charge in [-0.25, -0.2) is 0 Å². The molecule has 33 heavy (non-hydrogen) atoms. The topological polar surface area (TPSA) is 111 Å². The highest BCUT2D eigenvalue weighted by atomic mass is 19.4. The maximum absolute atomic E-state index is 12.9. The van der Waals surface area contributed by atoms with E-state index in [4.69, 9.17) is 4.74 Å². The predicted octanol–water partition coefficient (Wildman–Crippen LogP) is 1.97. The summed E-state index contributed by atoms with van der Waals surface area (Å²) in [5.41, 5.74) is -0.329. The number of aromatic hydroxyl groups is 1. The van der Waals surface area contributed by atoms with Crippen LogP contribution in [0.25, 0.3) is 0 Å². The van der Waals surface area contributed by atoms with Crippen molar-refractivity contribution in [1.29, 1.82) is 0 Å². The van der Waals surface area contributed by atoms with Crippen LogP contribution >= 0.6 is 0 Å². The molecule has 0 unspecified atom stereocenters. The Balaban J connectivity index is 1.67. The van der Waals surface area contributed by atoms with Gasteiger partial charge in [0.25, 0.3) is 5.91 Å². The second-order valence-electron chi connectivity index (χ2n) is 7.55. The Morgan fingerprint density at radius 2 is 1.85 bits per heavy atom. The molecule has 0 spiro atoms. The number of carbonyl (C=O) groups is 2. The van der Waals surface area contributed by atoms with Gasteiger partial charge in [-0.3, -0.25) is 14.5 Å². The molecule has 1 fully saturated rings. The maximum atomic E-state index is 12.9. The maximum Gasteiger partial charge on any atom is 0.416 e. The normalized spacial score (nSPS) is 15.6. The van der Waals surface area contributed by atoms with Gasteiger partial charge in [0, 0.05) is 30.9 Å². The van der Waals surface area contributed by atoms with E-state index in [1.54, 1.807) is 6.07 Å². The molecule has 1 aliphatic rings. The molecule has 2 aromatic carbocycles. The number of ether oxygens (including phenoxy) is 1. The first-order valence-electron chi connectivity index (χ1n) is 10.2. The Hall–Kier alpha value is -3.15. The molecule has 1 heterocycles. The summed E-state index contributed by atoms with van der Waals surface area (Å²) >= 11 is 0. The van der Waals surface area contributed by atoms with Crippen molar-refractivity contribution in [3.63, 3.8) is 0 Å². The van der Waals surface area contributed by atoms with E-state index in [2.05, 4.69) is 15.5 Å². The zero-order chi connectivity index (χ0) is 24.0. The van der Waals surface area contributed by atoms with Gasteiger partial charge >= 0.3 is 6.18 Å². The van der Waals surface area contributed by atoms with Gasteiger partial charge in [-0.15, -0.1) is 0 Å². The lowest BCUT2D eigenvalue weighted by atomic mass is 10.1. The fraction of sp³-hybridized carbons (Fsp3) is 0.364. The fourth-order valence-corrected chi connectivity index (χ4v) is 3.35. The number of benzene rings is 2. The molecule has 178 valence electrons. The lowest BCUT2D eigenvalue weighted by molar-refractivity contribution is -0.137. The van der Waals surface area contributed by atoms with Crippen molar-refractivity contribution < 1.29 is 37.7 Å². The molecule has 2 amide bonds. The second-order valence-corrected chi connectivity index (χ2v) is 7.55. The van der Waals surface area contributed by atoms with Gasteiger partial charge in [0.2, 0.25) is 5.91 Å². The molecule has 2 aromatic rings. The van der Waals surface area contributed by atoms with Gasteiger partial charge in [0.15, 0.2) is 0 Å². The number of alkyl halides is 3. The molecule has 1 saturated heterocycles. The first-order chi connectivity index (χ1) is 15.7. The van der Waals surface area contributed by atoms with Crippen molar-refractivity contribution in [3.05, 3.63) is 59.2 Å². The number of phenolic OH excluding ortho intramolecular Hbond substituents is 1. The van der Waals surface area contributed by atoms with E-state index in [0.717, 1.165) is 18.2 Å². The number of nitrogens with zero attached hydrogens (tertiary/aromatic N) is 1. The number of nitrogens with one attached hydrogen (secondary N) is 2. The Labute approximate surface area is 188 Å². The Morgan fingerprint density at radius 1 is 1.12 bits per heavy atom. The molecule has 1 atom stereocenters. The summed E-state index contributed by atoms with van der Waals surface area (Å²) in [6, 6.07) is 6.89. The summed E-state index contributed by atoms with van der Waals surface area (Å²) < 4.78 is 43.9. The van der Waals surface area contributed by atoms with Gasteiger partial charge in [0.1, 0.15) is 11.8 Å². The smallest absolute Gasteiger partial charge is 0.416 e. The molecule has 0 radical (unpaired) electrons. The zero-order valence-electron chi connectivity index (χ0n) is 17.6. The third-order valence-corrected chi connectivity index (χ3v) is 5.01. The minimum atomic E-state index is -4.58. The van der Waals surface area contributed by atoms with Gasteiger partial charge in [-0.1, -0.05) is 6.07 Å². The number of rotatable bonds is 7. The zero-order valence-corrected chi connectivity index (χ0v) is 17.6. The number of morpholine rings is 1. The Morgan fingerprint density at radius 3 is 2.52 bits per heavy atom. The van der Waals surface area contributed by atoms with Gasteiger partial charge in [0.05, 0.1) is 25.4 Å². The number of aliphatic hydroxyl groups excluding tert-OH is 1. The lowest BCUT2D eigenvalue weighted by Crippen LogP contribution is -2.46. The summed E-state index contributed by atoms with van der Waals surface area (Å²) in [5.74, 6) is -1.76. The van der Waals surface area contributed by atoms with Crippen LogP contribution in [0.3, 0.4) is 0 Å². The molecule has 4 N–H and O–H groups in total. The van der Waals surface area contributed by atoms with Crippen molar-refractivity contribution in [2.45, 2.75) is 18.8 Å². The summed E-state index contributed by atoms with van der Waals surface area (Å²) in [4.78, 5) is 27.2. The van der Waals surface area contributed by atoms with E-state index in [1.807, 2.05) is 0 Å². The summed E-state index contributed by atoms with van der Waals surface area (Å²) in [6.07, 6.45) is -4.58. The SMILES string of the molecule is O=C(N[C@@H](CO)C(=O)Nc1cccc(C(F)(F)F)c1)c1cc(O)cc(CN2CCOCC2)c1. The van der Waals surface area contributed by atoms with E-state index < -0.39 is 36.2 Å². The van der Waals surface area contributed by atoms with E-state index in [0.29, 0.717) is 38.4 Å². The van der Waals surface area contributed by atoms with E-state index in [9.17, 15) is 33.0 Å². The van der Waals surface area contributed by atoms with Crippen molar-refractivity contribution in [2.75, 3.05) is 38.2 Å². The van der Waals surface area contributed by atoms with Crippen LogP contribution in [0.4, 0.5) is 18.9 Å². The molecule has 0 bridgehead atoms. The van der Waals surface area contributed by atoms with E-state index in [1.165, 1.54) is 18.2 Å². The van der Waals surface area contributed by atoms with Crippen LogP contribution in [-0.2, 0) is 22.3 Å². The highest BCUT2D eigenvalue weighted by Crippen LogP contribution is 2.30. The van der Waals surface area contributed by atoms with E-state index in [-0.39, 0.29) is 17.0 Å². The number of carbonyl (C=O) groups excluding carboxylic acids is 2. The third-order valence-electron chi connectivity index (χ3n) is 5.01.